The summed E-state index contributed by atoms with van der Waals surface area (Å²) in [4.78, 5) is 23.8. The Labute approximate surface area is 163 Å². The summed E-state index contributed by atoms with van der Waals surface area (Å²) in [5.41, 5.74) is 2.85. The van der Waals surface area contributed by atoms with Crippen molar-refractivity contribution in [3.63, 3.8) is 0 Å². The summed E-state index contributed by atoms with van der Waals surface area (Å²) in [5, 5.41) is 4.23. The molecule has 3 aromatic rings. The Balaban J connectivity index is 1.87. The third-order valence-corrected chi connectivity index (χ3v) is 5.74. The molecule has 0 fully saturated rings. The van der Waals surface area contributed by atoms with Crippen LogP contribution >= 0.6 is 0 Å². The van der Waals surface area contributed by atoms with Crippen molar-refractivity contribution in [1.82, 2.24) is 14.5 Å². The normalized spacial score (nSPS) is 11.2. The number of carbonyl (C=O) groups is 2. The standard InChI is InChI=1S/C20H19N3O4S/c1-13-6-4-5-7-19(13)23-14(2)18(12-21-23)20(25)22-28(26,27)17-10-8-16(9-11-17)15(3)24/h4-12H,1-3H3,(H,22,25). The van der Waals surface area contributed by atoms with Gasteiger partial charge in [-0.25, -0.2) is 17.8 Å². The Kier molecular flexibility index (Phi) is 5.15. The van der Waals surface area contributed by atoms with Gasteiger partial charge in [-0.3, -0.25) is 9.59 Å². The SMILES string of the molecule is CC(=O)c1ccc(S(=O)(=O)NC(=O)c2cnn(-c3ccccc3C)c2C)cc1. The first-order valence-corrected chi connectivity index (χ1v) is 9.98. The van der Waals surface area contributed by atoms with Crippen LogP contribution in [0.1, 0.15) is 38.9 Å². The van der Waals surface area contributed by atoms with Gasteiger partial charge < -0.3 is 0 Å². The molecule has 0 saturated heterocycles. The number of para-hydroxylation sites is 1. The molecule has 0 aliphatic carbocycles. The first-order valence-electron chi connectivity index (χ1n) is 8.49. The van der Waals surface area contributed by atoms with Gasteiger partial charge in [0.2, 0.25) is 0 Å². The second kappa shape index (κ2) is 7.40. The summed E-state index contributed by atoms with van der Waals surface area (Å²) in [5.74, 6) is -0.944. The lowest BCUT2D eigenvalue weighted by Crippen LogP contribution is -2.30. The van der Waals surface area contributed by atoms with Crippen molar-refractivity contribution >= 4 is 21.7 Å². The van der Waals surface area contributed by atoms with Crippen LogP contribution in [-0.4, -0.2) is 29.9 Å². The van der Waals surface area contributed by atoms with E-state index >= 15 is 0 Å². The van der Waals surface area contributed by atoms with E-state index in [9.17, 15) is 18.0 Å². The zero-order chi connectivity index (χ0) is 20.5. The lowest BCUT2D eigenvalue weighted by molar-refractivity contribution is 0.0978. The molecule has 0 aliphatic rings. The van der Waals surface area contributed by atoms with Crippen molar-refractivity contribution in [2.24, 2.45) is 0 Å². The first-order chi connectivity index (χ1) is 13.2. The Hall–Kier alpha value is -3.26. The number of benzene rings is 2. The third-order valence-electron chi connectivity index (χ3n) is 4.40. The highest BCUT2D eigenvalue weighted by atomic mass is 32.2. The quantitative estimate of drug-likeness (QED) is 0.668. The molecule has 0 spiro atoms. The molecule has 1 amide bonds. The van der Waals surface area contributed by atoms with Crippen molar-refractivity contribution in [3.8, 4) is 5.69 Å². The zero-order valence-electron chi connectivity index (χ0n) is 15.6. The van der Waals surface area contributed by atoms with E-state index in [1.165, 1.54) is 37.4 Å². The Morgan fingerprint density at radius 1 is 1.00 bits per heavy atom. The highest BCUT2D eigenvalue weighted by Gasteiger charge is 2.22. The van der Waals surface area contributed by atoms with Gasteiger partial charge in [-0.15, -0.1) is 0 Å². The fourth-order valence-corrected chi connectivity index (χ4v) is 3.75. The number of rotatable bonds is 5. The van der Waals surface area contributed by atoms with Crippen molar-refractivity contribution < 1.29 is 18.0 Å². The maximum Gasteiger partial charge on any atom is 0.268 e. The number of aromatic nitrogens is 2. The largest absolute Gasteiger partial charge is 0.295 e. The molecule has 1 aromatic heterocycles. The maximum absolute atomic E-state index is 12.6. The monoisotopic (exact) mass is 397 g/mol. The Morgan fingerprint density at radius 2 is 1.64 bits per heavy atom. The molecular formula is C20H19N3O4S. The van der Waals surface area contributed by atoms with Crippen molar-refractivity contribution in [3.05, 3.63) is 77.1 Å². The molecule has 1 N–H and O–H groups in total. The minimum atomic E-state index is -4.08. The minimum absolute atomic E-state index is 0.102. The van der Waals surface area contributed by atoms with Crippen LogP contribution in [0.5, 0.6) is 0 Å². The molecule has 144 valence electrons. The van der Waals surface area contributed by atoms with Crippen LogP contribution in [0, 0.1) is 13.8 Å². The summed E-state index contributed by atoms with van der Waals surface area (Å²) in [6.07, 6.45) is 1.34. The van der Waals surface area contributed by atoms with Gasteiger partial charge in [0.25, 0.3) is 15.9 Å². The van der Waals surface area contributed by atoms with E-state index in [0.29, 0.717) is 11.3 Å². The number of Topliss-reactive ketones (excluding diaryl/α,β-unsaturated/α-hetero) is 1. The van der Waals surface area contributed by atoms with Crippen LogP contribution < -0.4 is 4.72 Å². The molecule has 3 rings (SSSR count). The fraction of sp³-hybridized carbons (Fsp3) is 0.150. The summed E-state index contributed by atoms with van der Waals surface area (Å²) < 4.78 is 28.6. The van der Waals surface area contributed by atoms with Crippen molar-refractivity contribution in [2.75, 3.05) is 0 Å². The van der Waals surface area contributed by atoms with E-state index in [-0.39, 0.29) is 16.2 Å². The molecule has 8 heteroatoms. The molecule has 7 nitrogen and oxygen atoms in total. The van der Waals surface area contributed by atoms with Crippen LogP contribution in [0.3, 0.4) is 0 Å². The number of ketones is 1. The van der Waals surface area contributed by atoms with E-state index < -0.39 is 15.9 Å². The van der Waals surface area contributed by atoms with Gasteiger partial charge in [0, 0.05) is 5.56 Å². The molecular weight excluding hydrogens is 378 g/mol. The van der Waals surface area contributed by atoms with E-state index in [0.717, 1.165) is 11.3 Å². The minimum Gasteiger partial charge on any atom is -0.295 e. The number of aryl methyl sites for hydroxylation is 1. The van der Waals surface area contributed by atoms with Crippen LogP contribution in [0.4, 0.5) is 0 Å². The lowest BCUT2D eigenvalue weighted by Gasteiger charge is -2.09. The van der Waals surface area contributed by atoms with Crippen LogP contribution in [0.15, 0.2) is 59.6 Å². The fourth-order valence-electron chi connectivity index (χ4n) is 2.78. The first kappa shape index (κ1) is 19.5. The molecule has 1 heterocycles. The number of sulfonamides is 1. The third kappa shape index (κ3) is 3.72. The summed E-state index contributed by atoms with van der Waals surface area (Å²) >= 11 is 0. The number of carbonyl (C=O) groups excluding carboxylic acids is 2. The van der Waals surface area contributed by atoms with E-state index in [4.69, 9.17) is 0 Å². The summed E-state index contributed by atoms with van der Waals surface area (Å²) in [6, 6.07) is 12.9. The molecule has 0 radical (unpaired) electrons. The molecule has 0 saturated carbocycles. The highest BCUT2D eigenvalue weighted by molar-refractivity contribution is 7.90. The van der Waals surface area contributed by atoms with Gasteiger partial charge in [-0.1, -0.05) is 30.3 Å². The van der Waals surface area contributed by atoms with Gasteiger partial charge in [-0.05, 0) is 44.5 Å². The van der Waals surface area contributed by atoms with Gasteiger partial charge >= 0.3 is 0 Å². The van der Waals surface area contributed by atoms with Crippen LogP contribution in [-0.2, 0) is 10.0 Å². The smallest absolute Gasteiger partial charge is 0.268 e. The van der Waals surface area contributed by atoms with E-state index in [2.05, 4.69) is 9.82 Å². The average molecular weight is 397 g/mol. The molecule has 0 bridgehead atoms. The zero-order valence-corrected chi connectivity index (χ0v) is 16.4. The average Bonchev–Trinajstić information content (AvgIpc) is 3.03. The summed E-state index contributed by atoms with van der Waals surface area (Å²) in [7, 11) is -4.08. The predicted octanol–water partition coefficient (Wildman–Crippen LogP) is 2.81. The molecule has 0 aliphatic heterocycles. The molecule has 0 unspecified atom stereocenters. The number of hydrogen-bond donors (Lipinski definition) is 1. The van der Waals surface area contributed by atoms with Crippen LogP contribution in [0.25, 0.3) is 5.69 Å². The Bertz CT molecular complexity index is 1160. The number of hydrogen-bond acceptors (Lipinski definition) is 5. The predicted molar refractivity (Wildman–Crippen MR) is 104 cm³/mol. The van der Waals surface area contributed by atoms with Gasteiger partial charge in [-0.2, -0.15) is 5.10 Å². The molecule has 2 aromatic carbocycles. The molecule has 28 heavy (non-hydrogen) atoms. The van der Waals surface area contributed by atoms with E-state index in [1.54, 1.807) is 11.6 Å². The van der Waals surface area contributed by atoms with Gasteiger partial charge in [0.05, 0.1) is 28.0 Å². The maximum atomic E-state index is 12.6. The number of nitrogens with one attached hydrogen (secondary N) is 1. The highest BCUT2D eigenvalue weighted by Crippen LogP contribution is 2.18. The lowest BCUT2D eigenvalue weighted by atomic mass is 10.2. The van der Waals surface area contributed by atoms with Crippen molar-refractivity contribution in [2.45, 2.75) is 25.7 Å². The van der Waals surface area contributed by atoms with Gasteiger partial charge in [0.1, 0.15) is 0 Å². The van der Waals surface area contributed by atoms with Gasteiger partial charge in [0.15, 0.2) is 5.78 Å². The second-order valence-electron chi connectivity index (χ2n) is 6.36. The number of nitrogens with zero attached hydrogens (tertiary/aromatic N) is 2. The van der Waals surface area contributed by atoms with Crippen molar-refractivity contribution in [1.29, 1.82) is 0 Å². The Morgan fingerprint density at radius 3 is 2.25 bits per heavy atom. The topological polar surface area (TPSA) is 98.1 Å². The van der Waals surface area contributed by atoms with Crippen LogP contribution in [0.2, 0.25) is 0 Å². The number of amides is 1. The van der Waals surface area contributed by atoms with E-state index in [1.807, 2.05) is 31.2 Å². The summed E-state index contributed by atoms with van der Waals surface area (Å²) in [6.45, 7) is 5.01. The second-order valence-corrected chi connectivity index (χ2v) is 8.04. The molecule has 0 atom stereocenters.